The largest absolute Gasteiger partial charge is 0.459 e. The van der Waals surface area contributed by atoms with E-state index < -0.39 is 0 Å². The fourth-order valence-electron chi connectivity index (χ4n) is 3.03. The first kappa shape index (κ1) is 12.3. The fraction of sp³-hybridized carbons (Fsp3) is 0.312. The lowest BCUT2D eigenvalue weighted by molar-refractivity contribution is 0.0644. The number of fused-ring (bicyclic) bond motifs is 2. The van der Waals surface area contributed by atoms with Gasteiger partial charge >= 0.3 is 0 Å². The second-order valence-electron chi connectivity index (χ2n) is 5.31. The van der Waals surface area contributed by atoms with Gasteiger partial charge in [0.15, 0.2) is 17.3 Å². The van der Waals surface area contributed by atoms with Crippen molar-refractivity contribution < 1.29 is 18.7 Å². The zero-order valence-corrected chi connectivity index (χ0v) is 11.7. The van der Waals surface area contributed by atoms with Crippen molar-refractivity contribution in [2.75, 3.05) is 13.3 Å². The summed E-state index contributed by atoms with van der Waals surface area (Å²) in [5, 5.41) is 0. The van der Waals surface area contributed by atoms with Gasteiger partial charge in [-0.1, -0.05) is 0 Å². The number of nitrogens with zero attached hydrogens (tertiary/aromatic N) is 1. The Labute approximate surface area is 122 Å². The van der Waals surface area contributed by atoms with Crippen LogP contribution in [0.15, 0.2) is 34.9 Å². The molecule has 1 aromatic carbocycles. The molecule has 1 aromatic heterocycles. The third kappa shape index (κ3) is 1.88. The molecule has 5 heteroatoms. The number of benzene rings is 1. The lowest BCUT2D eigenvalue weighted by atomic mass is 9.92. The molecular formula is C16H15NO4. The number of hydrogen-bond acceptors (Lipinski definition) is 4. The minimum atomic E-state index is -0.0733. The summed E-state index contributed by atoms with van der Waals surface area (Å²) in [5.74, 6) is 1.86. The molecule has 3 heterocycles. The van der Waals surface area contributed by atoms with Crippen LogP contribution < -0.4 is 9.47 Å². The van der Waals surface area contributed by atoms with Crippen LogP contribution in [0.3, 0.4) is 0 Å². The monoisotopic (exact) mass is 285 g/mol. The lowest BCUT2D eigenvalue weighted by Gasteiger charge is -2.34. The van der Waals surface area contributed by atoms with Crippen LogP contribution in [0.1, 0.15) is 34.6 Å². The van der Waals surface area contributed by atoms with Crippen molar-refractivity contribution in [1.82, 2.24) is 4.90 Å². The molecule has 108 valence electrons. The third-order valence-corrected chi connectivity index (χ3v) is 4.17. The van der Waals surface area contributed by atoms with E-state index in [1.165, 1.54) is 11.8 Å². The van der Waals surface area contributed by atoms with Gasteiger partial charge in [-0.15, -0.1) is 0 Å². The molecule has 0 saturated carbocycles. The predicted octanol–water partition coefficient (Wildman–Crippen LogP) is 2.77. The van der Waals surface area contributed by atoms with Crippen molar-refractivity contribution in [3.05, 3.63) is 47.4 Å². The molecule has 2 aliphatic rings. The van der Waals surface area contributed by atoms with Crippen LogP contribution in [0.25, 0.3) is 0 Å². The Hall–Kier alpha value is -2.43. The Morgan fingerprint density at radius 3 is 2.86 bits per heavy atom. The molecule has 1 atom stereocenters. The average Bonchev–Trinajstić information content (AvgIpc) is 3.16. The van der Waals surface area contributed by atoms with Gasteiger partial charge in [-0.05, 0) is 48.7 Å². The van der Waals surface area contributed by atoms with Crippen molar-refractivity contribution in [3.8, 4) is 11.5 Å². The van der Waals surface area contributed by atoms with Crippen molar-refractivity contribution in [3.63, 3.8) is 0 Å². The van der Waals surface area contributed by atoms with E-state index in [9.17, 15) is 4.79 Å². The summed E-state index contributed by atoms with van der Waals surface area (Å²) >= 11 is 0. The normalized spacial score (nSPS) is 19.5. The van der Waals surface area contributed by atoms with E-state index in [-0.39, 0.29) is 18.7 Å². The smallest absolute Gasteiger partial charge is 0.290 e. The standard InChI is InChI=1S/C16H15NO4/c1-10-12-8-15-14(20-9-21-15)7-11(12)4-5-17(10)16(18)13-3-2-6-19-13/h2-3,6-8,10H,4-5,9H2,1H3. The number of carbonyl (C=O) groups excluding carboxylic acids is 1. The number of carbonyl (C=O) groups is 1. The fourth-order valence-corrected chi connectivity index (χ4v) is 3.03. The van der Waals surface area contributed by atoms with E-state index in [1.54, 1.807) is 12.1 Å². The quantitative estimate of drug-likeness (QED) is 0.808. The molecule has 2 aliphatic heterocycles. The molecule has 4 rings (SSSR count). The SMILES string of the molecule is CC1c2cc3c(cc2CCN1C(=O)c1ccco1)OCO3. The van der Waals surface area contributed by atoms with Crippen molar-refractivity contribution in [1.29, 1.82) is 0 Å². The Balaban J connectivity index is 1.68. The maximum absolute atomic E-state index is 12.5. The molecule has 0 fully saturated rings. The summed E-state index contributed by atoms with van der Waals surface area (Å²) in [6, 6.07) is 7.44. The summed E-state index contributed by atoms with van der Waals surface area (Å²) in [7, 11) is 0. The second-order valence-corrected chi connectivity index (χ2v) is 5.31. The van der Waals surface area contributed by atoms with Gasteiger partial charge in [-0.25, -0.2) is 0 Å². The minimum Gasteiger partial charge on any atom is -0.459 e. The summed E-state index contributed by atoms with van der Waals surface area (Å²) in [6.45, 7) is 2.97. The highest BCUT2D eigenvalue weighted by Crippen LogP contribution is 2.40. The van der Waals surface area contributed by atoms with Gasteiger partial charge in [0.05, 0.1) is 12.3 Å². The predicted molar refractivity (Wildman–Crippen MR) is 74.4 cm³/mol. The molecule has 0 aliphatic carbocycles. The van der Waals surface area contributed by atoms with Crippen LogP contribution in [-0.4, -0.2) is 24.1 Å². The maximum Gasteiger partial charge on any atom is 0.290 e. The third-order valence-electron chi connectivity index (χ3n) is 4.17. The number of ether oxygens (including phenoxy) is 2. The first-order chi connectivity index (χ1) is 10.2. The molecule has 0 saturated heterocycles. The van der Waals surface area contributed by atoms with Gasteiger partial charge in [0.2, 0.25) is 6.79 Å². The first-order valence-electron chi connectivity index (χ1n) is 7.01. The summed E-state index contributed by atoms with van der Waals surface area (Å²) < 4.78 is 16.1. The molecular weight excluding hydrogens is 270 g/mol. The van der Waals surface area contributed by atoms with Crippen LogP contribution in [0.5, 0.6) is 11.5 Å². The van der Waals surface area contributed by atoms with Crippen molar-refractivity contribution in [2.45, 2.75) is 19.4 Å². The average molecular weight is 285 g/mol. The summed E-state index contributed by atoms with van der Waals surface area (Å²) in [6.07, 6.45) is 2.33. The highest BCUT2D eigenvalue weighted by atomic mass is 16.7. The van der Waals surface area contributed by atoms with Gasteiger partial charge in [-0.2, -0.15) is 0 Å². The zero-order valence-electron chi connectivity index (χ0n) is 11.7. The number of furan rings is 1. The van der Waals surface area contributed by atoms with Gasteiger partial charge in [-0.3, -0.25) is 4.79 Å². The number of hydrogen-bond donors (Lipinski definition) is 0. The van der Waals surface area contributed by atoms with E-state index in [4.69, 9.17) is 13.9 Å². The molecule has 5 nitrogen and oxygen atoms in total. The minimum absolute atomic E-state index is 0.0131. The highest BCUT2D eigenvalue weighted by molar-refractivity contribution is 5.92. The molecule has 21 heavy (non-hydrogen) atoms. The zero-order chi connectivity index (χ0) is 14.4. The van der Waals surface area contributed by atoms with E-state index in [2.05, 4.69) is 0 Å². The maximum atomic E-state index is 12.5. The molecule has 2 aromatic rings. The van der Waals surface area contributed by atoms with Crippen LogP contribution in [0.4, 0.5) is 0 Å². The molecule has 1 amide bonds. The van der Waals surface area contributed by atoms with Gasteiger partial charge in [0.1, 0.15) is 0 Å². The summed E-state index contributed by atoms with van der Waals surface area (Å²) in [5.41, 5.74) is 2.33. The van der Waals surface area contributed by atoms with E-state index in [1.807, 2.05) is 24.0 Å². The molecule has 0 spiro atoms. The highest BCUT2D eigenvalue weighted by Gasteiger charge is 2.31. The van der Waals surface area contributed by atoms with Crippen LogP contribution in [0.2, 0.25) is 0 Å². The summed E-state index contributed by atoms with van der Waals surface area (Å²) in [4.78, 5) is 14.3. The Kier molecular flexibility index (Phi) is 2.67. The van der Waals surface area contributed by atoms with Crippen molar-refractivity contribution in [2.24, 2.45) is 0 Å². The van der Waals surface area contributed by atoms with Crippen LogP contribution in [-0.2, 0) is 6.42 Å². The number of amides is 1. The Morgan fingerprint density at radius 2 is 2.10 bits per heavy atom. The number of rotatable bonds is 1. The Morgan fingerprint density at radius 1 is 1.29 bits per heavy atom. The Bertz CT molecular complexity index is 693. The van der Waals surface area contributed by atoms with E-state index >= 15 is 0 Å². The lowest BCUT2D eigenvalue weighted by Crippen LogP contribution is -2.38. The molecule has 0 bridgehead atoms. The topological polar surface area (TPSA) is 51.9 Å². The second kappa shape index (κ2) is 4.55. The van der Waals surface area contributed by atoms with Gasteiger partial charge in [0.25, 0.3) is 5.91 Å². The van der Waals surface area contributed by atoms with Crippen LogP contribution >= 0.6 is 0 Å². The van der Waals surface area contributed by atoms with E-state index in [0.717, 1.165) is 23.5 Å². The van der Waals surface area contributed by atoms with Crippen LogP contribution in [0, 0.1) is 0 Å². The molecule has 0 radical (unpaired) electrons. The van der Waals surface area contributed by atoms with Crippen molar-refractivity contribution >= 4 is 5.91 Å². The molecule has 1 unspecified atom stereocenters. The van der Waals surface area contributed by atoms with Gasteiger partial charge in [0, 0.05) is 6.54 Å². The molecule has 0 N–H and O–H groups in total. The van der Waals surface area contributed by atoms with E-state index in [0.29, 0.717) is 12.3 Å². The van der Waals surface area contributed by atoms with Gasteiger partial charge < -0.3 is 18.8 Å². The first-order valence-corrected chi connectivity index (χ1v) is 7.01.